The summed E-state index contributed by atoms with van der Waals surface area (Å²) in [6.45, 7) is 2.42. The maximum absolute atomic E-state index is 13.4. The summed E-state index contributed by atoms with van der Waals surface area (Å²) >= 11 is 0. The SMILES string of the molecule is CCCn1nccc1C(O)c1cc(F)cc(C(F)(F)F)c1. The van der Waals surface area contributed by atoms with E-state index in [-0.39, 0.29) is 5.56 Å². The average Bonchev–Trinajstić information content (AvgIpc) is 2.85. The molecule has 0 amide bonds. The Labute approximate surface area is 118 Å². The van der Waals surface area contributed by atoms with Gasteiger partial charge < -0.3 is 5.11 Å². The minimum absolute atomic E-state index is 0.153. The van der Waals surface area contributed by atoms with Crippen molar-refractivity contribution in [3.05, 3.63) is 53.1 Å². The third kappa shape index (κ3) is 3.41. The molecule has 1 aromatic heterocycles. The normalized spacial score (nSPS) is 13.4. The number of hydrogen-bond donors (Lipinski definition) is 1. The Hall–Kier alpha value is -1.89. The van der Waals surface area contributed by atoms with Gasteiger partial charge in [-0.3, -0.25) is 4.68 Å². The number of aliphatic hydroxyl groups excluding tert-OH is 1. The molecule has 1 atom stereocenters. The number of halogens is 4. The fraction of sp³-hybridized carbons (Fsp3) is 0.357. The summed E-state index contributed by atoms with van der Waals surface area (Å²) in [7, 11) is 0. The van der Waals surface area contributed by atoms with Gasteiger partial charge in [0.1, 0.15) is 11.9 Å². The van der Waals surface area contributed by atoms with E-state index in [4.69, 9.17) is 0 Å². The molecule has 0 spiro atoms. The second-order valence-electron chi connectivity index (χ2n) is 4.65. The Morgan fingerprint density at radius 3 is 2.62 bits per heavy atom. The molecule has 2 rings (SSSR count). The van der Waals surface area contributed by atoms with Crippen LogP contribution in [0.1, 0.15) is 36.3 Å². The Morgan fingerprint density at radius 2 is 2.00 bits per heavy atom. The third-order valence-electron chi connectivity index (χ3n) is 3.03. The highest BCUT2D eigenvalue weighted by atomic mass is 19.4. The lowest BCUT2D eigenvalue weighted by Crippen LogP contribution is -2.12. The first-order valence-corrected chi connectivity index (χ1v) is 6.40. The van der Waals surface area contributed by atoms with Crippen molar-refractivity contribution in [1.82, 2.24) is 9.78 Å². The number of aliphatic hydroxyl groups is 1. The van der Waals surface area contributed by atoms with Crippen LogP contribution in [0.5, 0.6) is 0 Å². The molecule has 0 radical (unpaired) electrons. The van der Waals surface area contributed by atoms with Gasteiger partial charge in [0.25, 0.3) is 0 Å². The molecule has 0 bridgehead atoms. The van der Waals surface area contributed by atoms with Crippen LogP contribution >= 0.6 is 0 Å². The Bertz CT molecular complexity index is 622. The third-order valence-corrected chi connectivity index (χ3v) is 3.03. The van der Waals surface area contributed by atoms with E-state index < -0.39 is 23.7 Å². The zero-order valence-corrected chi connectivity index (χ0v) is 11.2. The van der Waals surface area contributed by atoms with Crippen molar-refractivity contribution < 1.29 is 22.7 Å². The number of benzene rings is 1. The maximum atomic E-state index is 13.4. The molecular formula is C14H14F4N2O. The molecule has 7 heteroatoms. The topological polar surface area (TPSA) is 38.0 Å². The standard InChI is InChI=1S/C14H14F4N2O/c1-2-5-20-12(3-4-19-20)13(21)9-6-10(14(16,17)18)8-11(15)7-9/h3-4,6-8,13,21H,2,5H2,1H3. The van der Waals surface area contributed by atoms with E-state index in [0.717, 1.165) is 18.6 Å². The van der Waals surface area contributed by atoms with Crippen molar-refractivity contribution in [3.8, 4) is 0 Å². The molecular weight excluding hydrogens is 288 g/mol. The number of hydrogen-bond acceptors (Lipinski definition) is 2. The number of aromatic nitrogens is 2. The Kier molecular flexibility index (Phi) is 4.32. The summed E-state index contributed by atoms with van der Waals surface area (Å²) in [5.74, 6) is -1.04. The second kappa shape index (κ2) is 5.85. The molecule has 0 aliphatic heterocycles. The molecule has 0 aliphatic carbocycles. The summed E-state index contributed by atoms with van der Waals surface area (Å²) in [6, 6.07) is 3.54. The lowest BCUT2D eigenvalue weighted by Gasteiger charge is -2.15. The van der Waals surface area contributed by atoms with Gasteiger partial charge in [-0.2, -0.15) is 18.3 Å². The molecule has 0 aliphatic rings. The van der Waals surface area contributed by atoms with Gasteiger partial charge >= 0.3 is 6.18 Å². The van der Waals surface area contributed by atoms with E-state index in [1.807, 2.05) is 6.92 Å². The van der Waals surface area contributed by atoms with Crippen LogP contribution in [0.2, 0.25) is 0 Å². The van der Waals surface area contributed by atoms with Crippen molar-refractivity contribution in [1.29, 1.82) is 0 Å². The first-order valence-electron chi connectivity index (χ1n) is 6.40. The Balaban J connectivity index is 2.41. The zero-order chi connectivity index (χ0) is 15.6. The van der Waals surface area contributed by atoms with Crippen LogP contribution in [-0.2, 0) is 12.7 Å². The van der Waals surface area contributed by atoms with Crippen molar-refractivity contribution in [2.24, 2.45) is 0 Å². The van der Waals surface area contributed by atoms with Crippen LogP contribution in [0.15, 0.2) is 30.5 Å². The predicted octanol–water partition coefficient (Wildman–Crippen LogP) is 3.53. The van der Waals surface area contributed by atoms with E-state index in [9.17, 15) is 22.7 Å². The number of alkyl halides is 3. The number of aryl methyl sites for hydroxylation is 1. The average molecular weight is 302 g/mol. The molecule has 1 heterocycles. The van der Waals surface area contributed by atoms with Crippen LogP contribution in [-0.4, -0.2) is 14.9 Å². The van der Waals surface area contributed by atoms with Crippen molar-refractivity contribution in [2.75, 3.05) is 0 Å². The fourth-order valence-corrected chi connectivity index (χ4v) is 2.08. The molecule has 1 N–H and O–H groups in total. The van der Waals surface area contributed by atoms with E-state index in [2.05, 4.69) is 5.10 Å². The highest BCUT2D eigenvalue weighted by molar-refractivity contribution is 5.32. The Morgan fingerprint density at radius 1 is 1.29 bits per heavy atom. The second-order valence-corrected chi connectivity index (χ2v) is 4.65. The van der Waals surface area contributed by atoms with Crippen molar-refractivity contribution in [3.63, 3.8) is 0 Å². The van der Waals surface area contributed by atoms with Gasteiger partial charge in [0.05, 0.1) is 11.3 Å². The van der Waals surface area contributed by atoms with E-state index in [1.54, 1.807) is 0 Å². The van der Waals surface area contributed by atoms with Crippen LogP contribution < -0.4 is 0 Å². The lowest BCUT2D eigenvalue weighted by molar-refractivity contribution is -0.137. The molecule has 3 nitrogen and oxygen atoms in total. The van der Waals surface area contributed by atoms with Crippen molar-refractivity contribution >= 4 is 0 Å². The fourth-order valence-electron chi connectivity index (χ4n) is 2.08. The molecule has 0 fully saturated rings. The summed E-state index contributed by atoms with van der Waals surface area (Å²) in [5.41, 5.74) is -0.950. The molecule has 114 valence electrons. The molecule has 1 unspecified atom stereocenters. The maximum Gasteiger partial charge on any atom is 0.416 e. The van der Waals surface area contributed by atoms with Gasteiger partial charge in [0, 0.05) is 12.7 Å². The molecule has 0 saturated heterocycles. The zero-order valence-electron chi connectivity index (χ0n) is 11.2. The van der Waals surface area contributed by atoms with Crippen LogP contribution in [0.4, 0.5) is 17.6 Å². The minimum atomic E-state index is -4.67. The molecule has 2 aromatic rings. The smallest absolute Gasteiger partial charge is 0.382 e. The van der Waals surface area contributed by atoms with Crippen LogP contribution in [0, 0.1) is 5.82 Å². The largest absolute Gasteiger partial charge is 0.416 e. The summed E-state index contributed by atoms with van der Waals surface area (Å²) in [5, 5.41) is 14.2. The molecule has 21 heavy (non-hydrogen) atoms. The summed E-state index contributed by atoms with van der Waals surface area (Å²) in [6.07, 6.45) is -3.84. The quantitative estimate of drug-likeness (QED) is 0.877. The van der Waals surface area contributed by atoms with Gasteiger partial charge in [0.2, 0.25) is 0 Å². The molecule has 1 aromatic carbocycles. The highest BCUT2D eigenvalue weighted by Crippen LogP contribution is 2.33. The minimum Gasteiger partial charge on any atom is -0.382 e. The van der Waals surface area contributed by atoms with Crippen molar-refractivity contribution in [2.45, 2.75) is 32.2 Å². The molecule has 0 saturated carbocycles. The van der Waals surface area contributed by atoms with E-state index in [0.29, 0.717) is 18.3 Å². The number of nitrogens with zero attached hydrogens (tertiary/aromatic N) is 2. The lowest BCUT2D eigenvalue weighted by atomic mass is 10.0. The first kappa shape index (κ1) is 15.5. The van der Waals surface area contributed by atoms with Crippen LogP contribution in [0.25, 0.3) is 0 Å². The summed E-state index contributed by atoms with van der Waals surface area (Å²) in [4.78, 5) is 0. The van der Waals surface area contributed by atoms with Gasteiger partial charge in [-0.25, -0.2) is 4.39 Å². The van der Waals surface area contributed by atoms with Gasteiger partial charge in [-0.15, -0.1) is 0 Å². The van der Waals surface area contributed by atoms with Gasteiger partial charge in [0.15, 0.2) is 0 Å². The summed E-state index contributed by atoms with van der Waals surface area (Å²) < 4.78 is 52.9. The van der Waals surface area contributed by atoms with E-state index in [1.165, 1.54) is 16.9 Å². The monoisotopic (exact) mass is 302 g/mol. The first-order chi connectivity index (χ1) is 9.82. The van der Waals surface area contributed by atoms with Crippen LogP contribution in [0.3, 0.4) is 0 Å². The predicted molar refractivity (Wildman–Crippen MR) is 68.0 cm³/mol. The highest BCUT2D eigenvalue weighted by Gasteiger charge is 2.32. The van der Waals surface area contributed by atoms with Gasteiger partial charge in [-0.1, -0.05) is 6.92 Å². The van der Waals surface area contributed by atoms with E-state index >= 15 is 0 Å². The number of rotatable bonds is 4. The van der Waals surface area contributed by atoms with Gasteiger partial charge in [-0.05, 0) is 36.2 Å².